The van der Waals surface area contributed by atoms with Crippen molar-refractivity contribution in [1.82, 2.24) is 4.72 Å². The van der Waals surface area contributed by atoms with Gasteiger partial charge in [-0.15, -0.1) is 11.3 Å². The van der Waals surface area contributed by atoms with E-state index in [9.17, 15) is 16.8 Å². The van der Waals surface area contributed by atoms with Crippen LogP contribution in [0.2, 0.25) is 0 Å². The maximum atomic E-state index is 13.2. The monoisotopic (exact) mass is 451 g/mol. The Balaban J connectivity index is 1.86. The lowest BCUT2D eigenvalue weighted by Gasteiger charge is -2.17. The summed E-state index contributed by atoms with van der Waals surface area (Å²) in [5.41, 5.74) is 0. The van der Waals surface area contributed by atoms with Crippen LogP contribution in [-0.4, -0.2) is 30.0 Å². The van der Waals surface area contributed by atoms with Gasteiger partial charge in [0.05, 0.1) is 16.4 Å². The predicted octanol–water partition coefficient (Wildman–Crippen LogP) is 3.64. The standard InChI is InChI=1S/C20H21NO5S3/c1-2-26-16-10-12-18(13-11-16)29(24,25)21-15-20(19-9-6-14-27-19)28(22,23)17-7-4-3-5-8-17/h3-14,20-21H,2,15H2,1H3/t20-/m1/s1. The lowest BCUT2D eigenvalue weighted by atomic mass is 10.3. The Kier molecular flexibility index (Phi) is 6.74. The highest BCUT2D eigenvalue weighted by atomic mass is 32.2. The largest absolute Gasteiger partial charge is 0.494 e. The Labute approximate surface area is 175 Å². The van der Waals surface area contributed by atoms with Crippen LogP contribution in [0.15, 0.2) is 81.9 Å². The molecule has 3 rings (SSSR count). The highest BCUT2D eigenvalue weighted by molar-refractivity contribution is 7.92. The minimum Gasteiger partial charge on any atom is -0.494 e. The minimum absolute atomic E-state index is 0.0444. The van der Waals surface area contributed by atoms with Crippen LogP contribution in [0.3, 0.4) is 0 Å². The van der Waals surface area contributed by atoms with Crippen molar-refractivity contribution >= 4 is 31.2 Å². The molecule has 0 radical (unpaired) electrons. The van der Waals surface area contributed by atoms with Crippen LogP contribution in [0.4, 0.5) is 0 Å². The first-order valence-corrected chi connectivity index (χ1v) is 12.8. The molecule has 1 aromatic heterocycles. The summed E-state index contributed by atoms with van der Waals surface area (Å²) < 4.78 is 59.5. The Morgan fingerprint density at radius 3 is 2.17 bits per heavy atom. The number of nitrogens with one attached hydrogen (secondary N) is 1. The first kappa shape index (κ1) is 21.5. The van der Waals surface area contributed by atoms with Crippen LogP contribution in [-0.2, 0) is 19.9 Å². The molecule has 0 aliphatic heterocycles. The van der Waals surface area contributed by atoms with Crippen molar-refractivity contribution in [2.45, 2.75) is 22.0 Å². The number of sulfone groups is 1. The fraction of sp³-hybridized carbons (Fsp3) is 0.200. The topological polar surface area (TPSA) is 89.5 Å². The minimum atomic E-state index is -3.89. The van der Waals surface area contributed by atoms with Gasteiger partial charge in [-0.25, -0.2) is 21.6 Å². The zero-order valence-corrected chi connectivity index (χ0v) is 18.1. The molecule has 0 aliphatic rings. The molecule has 2 aromatic carbocycles. The number of thiophene rings is 1. The first-order valence-electron chi connectivity index (χ1n) is 8.89. The normalized spacial score (nSPS) is 13.1. The third-order valence-corrected chi connectivity index (χ3v) is 8.88. The van der Waals surface area contributed by atoms with E-state index in [4.69, 9.17) is 4.74 Å². The summed E-state index contributed by atoms with van der Waals surface area (Å²) in [6.07, 6.45) is 0. The van der Waals surface area contributed by atoms with Gasteiger partial charge in [0, 0.05) is 11.4 Å². The van der Waals surface area contributed by atoms with Gasteiger partial charge in [0.1, 0.15) is 11.0 Å². The van der Waals surface area contributed by atoms with Crippen molar-refractivity contribution in [3.8, 4) is 5.75 Å². The molecule has 0 unspecified atom stereocenters. The predicted molar refractivity (Wildman–Crippen MR) is 113 cm³/mol. The lowest BCUT2D eigenvalue weighted by molar-refractivity contribution is 0.340. The first-order chi connectivity index (χ1) is 13.8. The van der Waals surface area contributed by atoms with Crippen molar-refractivity contribution in [2.75, 3.05) is 13.2 Å². The SMILES string of the molecule is CCOc1ccc(S(=O)(=O)NC[C@H](c2cccs2)S(=O)(=O)c2ccccc2)cc1. The molecular weight excluding hydrogens is 430 g/mol. The molecule has 0 bridgehead atoms. The van der Waals surface area contributed by atoms with Gasteiger partial charge in [-0.1, -0.05) is 24.3 Å². The molecule has 0 aliphatic carbocycles. The average molecular weight is 452 g/mol. The van der Waals surface area contributed by atoms with Gasteiger partial charge in [0.2, 0.25) is 10.0 Å². The Bertz CT molecular complexity index is 1120. The van der Waals surface area contributed by atoms with E-state index in [-0.39, 0.29) is 16.3 Å². The molecule has 1 N–H and O–H groups in total. The lowest BCUT2D eigenvalue weighted by Crippen LogP contribution is -2.31. The van der Waals surface area contributed by atoms with Gasteiger partial charge in [-0.2, -0.15) is 0 Å². The second-order valence-corrected chi connectivity index (χ2v) is 11.0. The number of benzene rings is 2. The third kappa shape index (κ3) is 5.05. The molecule has 0 saturated heterocycles. The highest BCUT2D eigenvalue weighted by Gasteiger charge is 2.31. The van der Waals surface area contributed by atoms with Gasteiger partial charge in [-0.3, -0.25) is 0 Å². The van der Waals surface area contributed by atoms with E-state index < -0.39 is 25.1 Å². The van der Waals surface area contributed by atoms with Crippen molar-refractivity contribution in [3.05, 3.63) is 77.0 Å². The summed E-state index contributed by atoms with van der Waals surface area (Å²) in [6, 6.07) is 17.5. The number of rotatable bonds is 9. The van der Waals surface area contributed by atoms with Crippen LogP contribution in [0.5, 0.6) is 5.75 Å². The van der Waals surface area contributed by atoms with E-state index in [1.54, 1.807) is 47.8 Å². The summed E-state index contributed by atoms with van der Waals surface area (Å²) in [4.78, 5) is 0.768. The Morgan fingerprint density at radius 2 is 1.59 bits per heavy atom. The molecule has 9 heteroatoms. The van der Waals surface area contributed by atoms with E-state index in [2.05, 4.69) is 4.72 Å². The molecule has 1 atom stereocenters. The zero-order valence-electron chi connectivity index (χ0n) is 15.7. The van der Waals surface area contributed by atoms with E-state index in [1.807, 2.05) is 6.92 Å². The average Bonchev–Trinajstić information content (AvgIpc) is 3.23. The summed E-state index contributed by atoms with van der Waals surface area (Å²) in [7, 11) is -7.67. The van der Waals surface area contributed by atoms with Crippen LogP contribution < -0.4 is 9.46 Å². The Hall–Kier alpha value is -2.20. The molecule has 0 spiro atoms. The van der Waals surface area contributed by atoms with Gasteiger partial charge < -0.3 is 4.74 Å². The Morgan fingerprint density at radius 1 is 0.897 bits per heavy atom. The summed E-state index contributed by atoms with van der Waals surface area (Å²) in [6.45, 7) is 2.04. The van der Waals surface area contributed by atoms with Crippen LogP contribution in [0, 0.1) is 0 Å². The zero-order chi connectivity index (χ0) is 20.9. The molecule has 3 aromatic rings. The summed E-state index contributed by atoms with van der Waals surface area (Å²) >= 11 is 1.28. The molecule has 0 amide bonds. The van der Waals surface area contributed by atoms with Gasteiger partial charge in [0.15, 0.2) is 9.84 Å². The maximum absolute atomic E-state index is 13.2. The fourth-order valence-electron chi connectivity index (χ4n) is 2.76. The van der Waals surface area contributed by atoms with Crippen molar-refractivity contribution in [2.24, 2.45) is 0 Å². The molecule has 0 saturated carbocycles. The summed E-state index contributed by atoms with van der Waals surface area (Å²) in [5, 5.41) is 0.742. The fourth-order valence-corrected chi connectivity index (χ4v) is 6.72. The molecule has 1 heterocycles. The highest BCUT2D eigenvalue weighted by Crippen LogP contribution is 2.31. The summed E-state index contributed by atoms with van der Waals surface area (Å²) in [5.74, 6) is 0.564. The number of hydrogen-bond donors (Lipinski definition) is 1. The second kappa shape index (κ2) is 9.08. The van der Waals surface area contributed by atoms with Gasteiger partial charge in [-0.05, 0) is 54.8 Å². The second-order valence-electron chi connectivity index (χ2n) is 6.12. The van der Waals surface area contributed by atoms with Crippen molar-refractivity contribution in [1.29, 1.82) is 0 Å². The maximum Gasteiger partial charge on any atom is 0.240 e. The van der Waals surface area contributed by atoms with Crippen molar-refractivity contribution in [3.63, 3.8) is 0 Å². The number of hydrogen-bond acceptors (Lipinski definition) is 6. The van der Waals surface area contributed by atoms with E-state index in [1.165, 1.54) is 35.6 Å². The molecule has 0 fully saturated rings. The molecule has 6 nitrogen and oxygen atoms in total. The molecular formula is C20H21NO5S3. The van der Waals surface area contributed by atoms with Gasteiger partial charge >= 0.3 is 0 Å². The number of sulfonamides is 1. The van der Waals surface area contributed by atoms with Gasteiger partial charge in [0.25, 0.3) is 0 Å². The number of ether oxygens (including phenoxy) is 1. The van der Waals surface area contributed by atoms with E-state index in [0.717, 1.165) is 0 Å². The van der Waals surface area contributed by atoms with Crippen LogP contribution in [0.1, 0.15) is 17.1 Å². The third-order valence-electron chi connectivity index (χ3n) is 4.21. The van der Waals surface area contributed by atoms with Crippen molar-refractivity contribution < 1.29 is 21.6 Å². The molecule has 29 heavy (non-hydrogen) atoms. The quantitative estimate of drug-likeness (QED) is 0.536. The van der Waals surface area contributed by atoms with E-state index in [0.29, 0.717) is 17.2 Å². The smallest absolute Gasteiger partial charge is 0.240 e. The van der Waals surface area contributed by atoms with Crippen LogP contribution in [0.25, 0.3) is 0 Å². The molecule has 154 valence electrons. The van der Waals surface area contributed by atoms with E-state index >= 15 is 0 Å². The van der Waals surface area contributed by atoms with Crippen LogP contribution >= 0.6 is 11.3 Å².